The molecule has 1 fully saturated rings. The van der Waals surface area contributed by atoms with Crippen molar-refractivity contribution in [2.75, 3.05) is 38.6 Å². The third-order valence-electron chi connectivity index (χ3n) is 3.67. The van der Waals surface area contributed by atoms with Crippen LogP contribution in [0.3, 0.4) is 0 Å². The Morgan fingerprint density at radius 1 is 1.21 bits per heavy atom. The SMILES string of the molecule is CC(=O)C(c1ccccc1)N1CCN(CCCl)CC1. The maximum Gasteiger partial charge on any atom is 0.151 e. The predicted molar refractivity (Wildman–Crippen MR) is 78.6 cm³/mol. The van der Waals surface area contributed by atoms with Crippen molar-refractivity contribution in [2.24, 2.45) is 0 Å². The van der Waals surface area contributed by atoms with Crippen molar-refractivity contribution in [3.05, 3.63) is 35.9 Å². The summed E-state index contributed by atoms with van der Waals surface area (Å²) >= 11 is 5.77. The number of hydrogen-bond acceptors (Lipinski definition) is 3. The Bertz CT molecular complexity index is 402. The van der Waals surface area contributed by atoms with Crippen LogP contribution in [0, 0.1) is 0 Å². The van der Waals surface area contributed by atoms with Crippen molar-refractivity contribution in [3.63, 3.8) is 0 Å². The van der Waals surface area contributed by atoms with Crippen LogP contribution in [-0.4, -0.2) is 54.2 Å². The molecule has 1 saturated heterocycles. The van der Waals surface area contributed by atoms with Crippen LogP contribution in [0.5, 0.6) is 0 Å². The van der Waals surface area contributed by atoms with Gasteiger partial charge in [-0.1, -0.05) is 30.3 Å². The highest BCUT2D eigenvalue weighted by atomic mass is 35.5. The molecule has 1 aliphatic heterocycles. The molecule has 0 amide bonds. The highest BCUT2D eigenvalue weighted by molar-refractivity contribution is 6.18. The van der Waals surface area contributed by atoms with Gasteiger partial charge in [0.1, 0.15) is 0 Å². The molecule has 0 spiro atoms. The Balaban J connectivity index is 2.04. The summed E-state index contributed by atoms with van der Waals surface area (Å²) < 4.78 is 0. The maximum atomic E-state index is 12.0. The third-order valence-corrected chi connectivity index (χ3v) is 3.84. The molecule has 2 rings (SSSR count). The van der Waals surface area contributed by atoms with Gasteiger partial charge < -0.3 is 0 Å². The second-order valence-electron chi connectivity index (χ2n) is 4.99. The number of ketones is 1. The fourth-order valence-corrected chi connectivity index (χ4v) is 2.94. The summed E-state index contributed by atoms with van der Waals surface area (Å²) in [6.45, 7) is 6.45. The minimum atomic E-state index is -0.0978. The molecule has 1 heterocycles. The Kier molecular flexibility index (Phi) is 5.37. The van der Waals surface area contributed by atoms with E-state index in [9.17, 15) is 4.79 Å². The molecular formula is C15H21ClN2O. The second kappa shape index (κ2) is 7.04. The van der Waals surface area contributed by atoms with E-state index >= 15 is 0 Å². The maximum absolute atomic E-state index is 12.0. The van der Waals surface area contributed by atoms with Crippen molar-refractivity contribution in [1.29, 1.82) is 0 Å². The van der Waals surface area contributed by atoms with Gasteiger partial charge in [-0.05, 0) is 12.5 Å². The van der Waals surface area contributed by atoms with Crippen LogP contribution < -0.4 is 0 Å². The number of piperazine rings is 1. The summed E-state index contributed by atoms with van der Waals surface area (Å²) in [4.78, 5) is 16.6. The molecule has 0 aromatic heterocycles. The second-order valence-corrected chi connectivity index (χ2v) is 5.37. The Labute approximate surface area is 120 Å². The normalized spacial score (nSPS) is 19.3. The standard InChI is InChI=1S/C15H21ClN2O/c1-13(19)15(14-5-3-2-4-6-14)18-11-9-17(8-7-16)10-12-18/h2-6,15H,7-12H2,1H3. The number of halogens is 1. The quantitative estimate of drug-likeness (QED) is 0.773. The molecular weight excluding hydrogens is 260 g/mol. The van der Waals surface area contributed by atoms with Crippen molar-refractivity contribution >= 4 is 17.4 Å². The van der Waals surface area contributed by atoms with E-state index < -0.39 is 0 Å². The van der Waals surface area contributed by atoms with Gasteiger partial charge in [0.15, 0.2) is 5.78 Å². The number of nitrogens with zero attached hydrogens (tertiary/aromatic N) is 2. The molecule has 0 saturated carbocycles. The van der Waals surface area contributed by atoms with Crippen LogP contribution in [0.15, 0.2) is 30.3 Å². The van der Waals surface area contributed by atoms with Gasteiger partial charge in [0.25, 0.3) is 0 Å². The van der Waals surface area contributed by atoms with Crippen LogP contribution in [0.25, 0.3) is 0 Å². The molecule has 3 nitrogen and oxygen atoms in total. The number of hydrogen-bond donors (Lipinski definition) is 0. The lowest BCUT2D eigenvalue weighted by Crippen LogP contribution is -2.49. The fourth-order valence-electron chi connectivity index (χ4n) is 2.70. The first kappa shape index (κ1) is 14.5. The molecule has 4 heteroatoms. The number of Topliss-reactive ketones (excluding diaryl/α,β-unsaturated/α-hetero) is 1. The molecule has 0 bridgehead atoms. The first-order valence-corrected chi connectivity index (χ1v) is 7.33. The van der Waals surface area contributed by atoms with E-state index in [1.54, 1.807) is 6.92 Å². The Morgan fingerprint density at radius 3 is 2.37 bits per heavy atom. The van der Waals surface area contributed by atoms with Gasteiger partial charge in [0.05, 0.1) is 6.04 Å². The zero-order chi connectivity index (χ0) is 13.7. The van der Waals surface area contributed by atoms with E-state index in [4.69, 9.17) is 11.6 Å². The van der Waals surface area contributed by atoms with Gasteiger partial charge in [0, 0.05) is 38.6 Å². The van der Waals surface area contributed by atoms with Crippen LogP contribution >= 0.6 is 11.6 Å². The lowest BCUT2D eigenvalue weighted by molar-refractivity contribution is -0.123. The number of carbonyl (C=O) groups excluding carboxylic acids is 1. The highest BCUT2D eigenvalue weighted by Crippen LogP contribution is 2.23. The van der Waals surface area contributed by atoms with E-state index in [2.05, 4.69) is 9.80 Å². The summed E-state index contributed by atoms with van der Waals surface area (Å²) in [5, 5.41) is 0. The predicted octanol–water partition coefficient (Wildman–Crippen LogP) is 2.17. The molecule has 0 N–H and O–H groups in total. The molecule has 1 aliphatic rings. The zero-order valence-corrected chi connectivity index (χ0v) is 12.1. The van der Waals surface area contributed by atoms with Gasteiger partial charge in [0.2, 0.25) is 0 Å². The molecule has 1 atom stereocenters. The number of alkyl halides is 1. The van der Waals surface area contributed by atoms with Crippen LogP contribution in [-0.2, 0) is 4.79 Å². The summed E-state index contributed by atoms with van der Waals surface area (Å²) in [6, 6.07) is 9.96. The average molecular weight is 281 g/mol. The van der Waals surface area contributed by atoms with Crippen LogP contribution in [0.4, 0.5) is 0 Å². The van der Waals surface area contributed by atoms with Crippen molar-refractivity contribution in [1.82, 2.24) is 9.80 Å². The molecule has 104 valence electrons. The summed E-state index contributed by atoms with van der Waals surface area (Å²) in [5.74, 6) is 0.895. The van der Waals surface area contributed by atoms with Gasteiger partial charge in [-0.3, -0.25) is 14.6 Å². The first-order chi connectivity index (χ1) is 9.22. The molecule has 1 aromatic rings. The molecule has 1 aromatic carbocycles. The third kappa shape index (κ3) is 3.78. The summed E-state index contributed by atoms with van der Waals surface area (Å²) in [7, 11) is 0. The first-order valence-electron chi connectivity index (χ1n) is 6.80. The highest BCUT2D eigenvalue weighted by Gasteiger charge is 2.27. The van der Waals surface area contributed by atoms with Gasteiger partial charge in [-0.25, -0.2) is 0 Å². The fraction of sp³-hybridized carbons (Fsp3) is 0.533. The smallest absolute Gasteiger partial charge is 0.151 e. The molecule has 0 radical (unpaired) electrons. The minimum Gasteiger partial charge on any atom is -0.300 e. The van der Waals surface area contributed by atoms with Crippen molar-refractivity contribution in [3.8, 4) is 0 Å². The molecule has 19 heavy (non-hydrogen) atoms. The van der Waals surface area contributed by atoms with Crippen molar-refractivity contribution in [2.45, 2.75) is 13.0 Å². The monoisotopic (exact) mass is 280 g/mol. The zero-order valence-electron chi connectivity index (χ0n) is 11.4. The molecule has 1 unspecified atom stereocenters. The van der Waals surface area contributed by atoms with E-state index in [0.29, 0.717) is 5.88 Å². The minimum absolute atomic E-state index is 0.0978. The Hall–Kier alpha value is -0.900. The van der Waals surface area contributed by atoms with Crippen molar-refractivity contribution < 1.29 is 4.79 Å². The number of carbonyl (C=O) groups is 1. The van der Waals surface area contributed by atoms with E-state index in [-0.39, 0.29) is 11.8 Å². The van der Waals surface area contributed by atoms with E-state index in [1.165, 1.54) is 0 Å². The van der Waals surface area contributed by atoms with E-state index in [1.807, 2.05) is 30.3 Å². The lowest BCUT2D eigenvalue weighted by atomic mass is 10.0. The number of benzene rings is 1. The topological polar surface area (TPSA) is 23.6 Å². The van der Waals surface area contributed by atoms with Gasteiger partial charge >= 0.3 is 0 Å². The van der Waals surface area contributed by atoms with Gasteiger partial charge in [-0.2, -0.15) is 0 Å². The van der Waals surface area contributed by atoms with E-state index in [0.717, 1.165) is 38.3 Å². The van der Waals surface area contributed by atoms with Crippen LogP contribution in [0.1, 0.15) is 18.5 Å². The lowest BCUT2D eigenvalue weighted by Gasteiger charge is -2.38. The average Bonchev–Trinajstić information content (AvgIpc) is 2.42. The summed E-state index contributed by atoms with van der Waals surface area (Å²) in [5.41, 5.74) is 1.10. The van der Waals surface area contributed by atoms with Gasteiger partial charge in [-0.15, -0.1) is 11.6 Å². The number of rotatable bonds is 5. The van der Waals surface area contributed by atoms with Crippen LogP contribution in [0.2, 0.25) is 0 Å². The Morgan fingerprint density at radius 2 is 1.84 bits per heavy atom. The molecule has 0 aliphatic carbocycles. The summed E-state index contributed by atoms with van der Waals surface area (Å²) in [6.07, 6.45) is 0. The largest absolute Gasteiger partial charge is 0.300 e.